The molecule has 1 aliphatic rings. The lowest BCUT2D eigenvalue weighted by Gasteiger charge is -2.32. The van der Waals surface area contributed by atoms with Crippen LogP contribution >= 0.6 is 0 Å². The molecular formula is C16H23NO2. The Bertz CT molecular complexity index is 431. The minimum atomic E-state index is 0.722. The van der Waals surface area contributed by atoms with Crippen molar-refractivity contribution in [1.29, 1.82) is 0 Å². The Morgan fingerprint density at radius 2 is 2.32 bits per heavy atom. The van der Waals surface area contributed by atoms with Crippen LogP contribution in [0.1, 0.15) is 42.1 Å². The van der Waals surface area contributed by atoms with Crippen LogP contribution in [0.3, 0.4) is 0 Å². The summed E-state index contributed by atoms with van der Waals surface area (Å²) in [6, 6.07) is 5.64. The minimum absolute atomic E-state index is 0.722. The van der Waals surface area contributed by atoms with E-state index in [2.05, 4.69) is 11.8 Å². The van der Waals surface area contributed by atoms with Gasteiger partial charge in [0.2, 0.25) is 0 Å². The number of piperidine rings is 1. The number of carbonyl (C=O) groups is 1. The summed E-state index contributed by atoms with van der Waals surface area (Å²) >= 11 is 0. The topological polar surface area (TPSA) is 29.5 Å². The number of aldehydes is 1. The molecule has 3 nitrogen and oxygen atoms in total. The van der Waals surface area contributed by atoms with Crippen molar-refractivity contribution in [1.82, 2.24) is 4.90 Å². The van der Waals surface area contributed by atoms with E-state index < -0.39 is 0 Å². The highest BCUT2D eigenvalue weighted by Crippen LogP contribution is 2.25. The molecule has 3 heteroatoms. The maximum absolute atomic E-state index is 10.9. The van der Waals surface area contributed by atoms with E-state index in [-0.39, 0.29) is 0 Å². The van der Waals surface area contributed by atoms with E-state index in [4.69, 9.17) is 4.74 Å². The smallest absolute Gasteiger partial charge is 0.150 e. The van der Waals surface area contributed by atoms with Gasteiger partial charge in [-0.25, -0.2) is 0 Å². The number of hydrogen-bond acceptors (Lipinski definition) is 3. The van der Waals surface area contributed by atoms with E-state index in [1.165, 1.54) is 19.3 Å². The van der Waals surface area contributed by atoms with Crippen molar-refractivity contribution >= 4 is 6.29 Å². The molecule has 0 saturated carbocycles. The monoisotopic (exact) mass is 261 g/mol. The van der Waals surface area contributed by atoms with Gasteiger partial charge in [-0.3, -0.25) is 9.69 Å². The van der Waals surface area contributed by atoms with Gasteiger partial charge in [0, 0.05) is 24.2 Å². The number of hydrogen-bond donors (Lipinski definition) is 0. The van der Waals surface area contributed by atoms with Gasteiger partial charge in [0.15, 0.2) is 0 Å². The van der Waals surface area contributed by atoms with Gasteiger partial charge in [-0.1, -0.05) is 13.3 Å². The third-order valence-electron chi connectivity index (χ3n) is 4.01. The zero-order chi connectivity index (χ0) is 13.7. The van der Waals surface area contributed by atoms with Crippen LogP contribution in [0.5, 0.6) is 5.75 Å². The van der Waals surface area contributed by atoms with Crippen LogP contribution in [0.25, 0.3) is 0 Å². The largest absolute Gasteiger partial charge is 0.496 e. The lowest BCUT2D eigenvalue weighted by Crippen LogP contribution is -2.34. The van der Waals surface area contributed by atoms with Gasteiger partial charge in [0.05, 0.1) is 7.11 Å². The maximum Gasteiger partial charge on any atom is 0.150 e. The summed E-state index contributed by atoms with van der Waals surface area (Å²) in [5.41, 5.74) is 1.84. The summed E-state index contributed by atoms with van der Waals surface area (Å²) in [5.74, 6) is 1.69. The Balaban J connectivity index is 2.10. The Hall–Kier alpha value is -1.35. The van der Waals surface area contributed by atoms with Gasteiger partial charge in [-0.15, -0.1) is 0 Å². The Morgan fingerprint density at radius 3 is 3.00 bits per heavy atom. The standard InChI is InChI=1S/C16H23NO2/c1-3-13-5-4-8-17(10-13)11-15-9-14(12-18)6-7-16(15)19-2/h6-7,9,12-13H,3-5,8,10-11H2,1-2H3. The summed E-state index contributed by atoms with van der Waals surface area (Å²) in [6.45, 7) is 5.44. The van der Waals surface area contributed by atoms with Gasteiger partial charge in [0.1, 0.15) is 12.0 Å². The molecule has 0 N–H and O–H groups in total. The first-order valence-corrected chi connectivity index (χ1v) is 7.11. The van der Waals surface area contributed by atoms with Crippen molar-refractivity contribution in [2.45, 2.75) is 32.7 Å². The number of rotatable bonds is 5. The third-order valence-corrected chi connectivity index (χ3v) is 4.01. The quantitative estimate of drug-likeness (QED) is 0.763. The van der Waals surface area contributed by atoms with Crippen molar-refractivity contribution < 1.29 is 9.53 Å². The lowest BCUT2D eigenvalue weighted by molar-refractivity contribution is 0.112. The van der Waals surface area contributed by atoms with Crippen molar-refractivity contribution in [2.75, 3.05) is 20.2 Å². The zero-order valence-electron chi connectivity index (χ0n) is 11.9. The van der Waals surface area contributed by atoms with Crippen LogP contribution in [-0.4, -0.2) is 31.4 Å². The normalized spacial score (nSPS) is 20.2. The van der Waals surface area contributed by atoms with Gasteiger partial charge in [-0.2, -0.15) is 0 Å². The van der Waals surface area contributed by atoms with Crippen molar-refractivity contribution in [2.24, 2.45) is 5.92 Å². The molecule has 1 heterocycles. The third kappa shape index (κ3) is 3.57. The summed E-state index contributed by atoms with van der Waals surface area (Å²) in [5, 5.41) is 0. The van der Waals surface area contributed by atoms with E-state index >= 15 is 0 Å². The molecule has 1 fully saturated rings. The van der Waals surface area contributed by atoms with Crippen molar-refractivity contribution in [3.8, 4) is 5.75 Å². The van der Waals surface area contributed by atoms with E-state index in [1.54, 1.807) is 13.2 Å². The average Bonchev–Trinajstić information content (AvgIpc) is 2.47. The average molecular weight is 261 g/mol. The first kappa shape index (κ1) is 14.1. The molecule has 104 valence electrons. The second-order valence-corrected chi connectivity index (χ2v) is 5.34. The van der Waals surface area contributed by atoms with Crippen molar-refractivity contribution in [3.63, 3.8) is 0 Å². The molecule has 2 rings (SSSR count). The fraction of sp³-hybridized carbons (Fsp3) is 0.562. The SMILES string of the molecule is CCC1CCCN(Cc2cc(C=O)ccc2OC)C1. The Kier molecular flexibility index (Phi) is 4.97. The van der Waals surface area contributed by atoms with Crippen molar-refractivity contribution in [3.05, 3.63) is 29.3 Å². The van der Waals surface area contributed by atoms with Crippen LogP contribution in [-0.2, 0) is 6.54 Å². The number of methoxy groups -OCH3 is 1. The van der Waals surface area contributed by atoms with Crippen LogP contribution < -0.4 is 4.74 Å². The maximum atomic E-state index is 10.9. The molecular weight excluding hydrogens is 238 g/mol. The van der Waals surface area contributed by atoms with E-state index in [9.17, 15) is 4.79 Å². The molecule has 1 aromatic carbocycles. The number of ether oxygens (including phenoxy) is 1. The fourth-order valence-corrected chi connectivity index (χ4v) is 2.86. The van der Waals surface area contributed by atoms with E-state index in [0.29, 0.717) is 0 Å². The molecule has 1 unspecified atom stereocenters. The molecule has 0 radical (unpaired) electrons. The summed E-state index contributed by atoms with van der Waals surface area (Å²) in [7, 11) is 1.68. The minimum Gasteiger partial charge on any atom is -0.496 e. The van der Waals surface area contributed by atoms with Gasteiger partial charge < -0.3 is 4.74 Å². The van der Waals surface area contributed by atoms with Crippen LogP contribution in [0.4, 0.5) is 0 Å². The van der Waals surface area contributed by atoms with Gasteiger partial charge in [-0.05, 0) is 43.5 Å². The highest BCUT2D eigenvalue weighted by atomic mass is 16.5. The molecule has 1 aliphatic heterocycles. The molecule has 1 atom stereocenters. The first-order valence-electron chi connectivity index (χ1n) is 7.11. The summed E-state index contributed by atoms with van der Waals surface area (Å²) < 4.78 is 5.40. The first-order chi connectivity index (χ1) is 9.26. The van der Waals surface area contributed by atoms with E-state index in [1.807, 2.05) is 12.1 Å². The highest BCUT2D eigenvalue weighted by molar-refractivity contribution is 5.75. The molecule has 0 aromatic heterocycles. The predicted molar refractivity (Wildman–Crippen MR) is 76.7 cm³/mol. The summed E-state index contributed by atoms with van der Waals surface area (Å²) in [6.07, 6.45) is 4.77. The molecule has 1 aromatic rings. The number of nitrogens with zero attached hydrogens (tertiary/aromatic N) is 1. The van der Waals surface area contributed by atoms with Gasteiger partial charge in [0.25, 0.3) is 0 Å². The fourth-order valence-electron chi connectivity index (χ4n) is 2.86. The second-order valence-electron chi connectivity index (χ2n) is 5.34. The molecule has 0 bridgehead atoms. The Labute approximate surface area is 115 Å². The number of carbonyl (C=O) groups excluding carboxylic acids is 1. The predicted octanol–water partition coefficient (Wildman–Crippen LogP) is 3.13. The number of likely N-dealkylation sites (tertiary alicyclic amines) is 1. The molecule has 0 amide bonds. The summed E-state index contributed by atoms with van der Waals surface area (Å²) in [4.78, 5) is 13.4. The van der Waals surface area contributed by atoms with Crippen LogP contribution in [0, 0.1) is 5.92 Å². The van der Waals surface area contributed by atoms with Crippen LogP contribution in [0.2, 0.25) is 0 Å². The zero-order valence-corrected chi connectivity index (χ0v) is 11.9. The molecule has 0 spiro atoms. The molecule has 1 saturated heterocycles. The Morgan fingerprint density at radius 1 is 1.47 bits per heavy atom. The van der Waals surface area contributed by atoms with Gasteiger partial charge >= 0.3 is 0 Å². The van der Waals surface area contributed by atoms with E-state index in [0.717, 1.165) is 48.7 Å². The molecule has 0 aliphatic carbocycles. The number of benzene rings is 1. The van der Waals surface area contributed by atoms with Crippen LogP contribution in [0.15, 0.2) is 18.2 Å². The second kappa shape index (κ2) is 6.71. The molecule has 19 heavy (non-hydrogen) atoms. The lowest BCUT2D eigenvalue weighted by atomic mass is 9.95. The highest BCUT2D eigenvalue weighted by Gasteiger charge is 2.19.